The van der Waals surface area contributed by atoms with Crippen molar-refractivity contribution in [2.24, 2.45) is 0 Å². The summed E-state index contributed by atoms with van der Waals surface area (Å²) >= 11 is 3.65. The van der Waals surface area contributed by atoms with Gasteiger partial charge < -0.3 is 10.1 Å². The Hall–Kier alpha value is -0.390. The summed E-state index contributed by atoms with van der Waals surface area (Å²) < 4.78 is 9.19. The smallest absolute Gasteiger partial charge is 0.0861 e. The quantitative estimate of drug-likeness (QED) is 0.771. The van der Waals surface area contributed by atoms with Gasteiger partial charge in [-0.05, 0) is 56.6 Å². The van der Waals surface area contributed by atoms with Gasteiger partial charge in [-0.2, -0.15) is 5.10 Å². The molecule has 0 spiro atoms. The molecule has 0 saturated heterocycles. The minimum atomic E-state index is -0.250. The fourth-order valence-electron chi connectivity index (χ4n) is 2.56. The minimum Gasteiger partial charge on any atom is -0.374 e. The van der Waals surface area contributed by atoms with E-state index in [0.29, 0.717) is 12.6 Å². The van der Waals surface area contributed by atoms with Gasteiger partial charge in [0.1, 0.15) is 0 Å². The largest absolute Gasteiger partial charge is 0.374 e. The van der Waals surface area contributed by atoms with Crippen molar-refractivity contribution in [3.8, 4) is 0 Å². The van der Waals surface area contributed by atoms with E-state index in [-0.39, 0.29) is 11.6 Å². The molecule has 0 fully saturated rings. The topological polar surface area (TPSA) is 39.1 Å². The highest BCUT2D eigenvalue weighted by atomic mass is 79.9. The van der Waals surface area contributed by atoms with Gasteiger partial charge in [-0.25, -0.2) is 0 Å². The predicted molar refractivity (Wildman–Crippen MR) is 87.1 cm³/mol. The summed E-state index contributed by atoms with van der Waals surface area (Å²) in [7, 11) is 0. The second-order valence-corrected chi connectivity index (χ2v) is 6.36. The monoisotopic (exact) mass is 345 g/mol. The highest BCUT2D eigenvalue weighted by Crippen LogP contribution is 2.36. The number of likely N-dealkylation sites (N-methyl/N-ethyl adjacent to an activating group) is 1. The van der Waals surface area contributed by atoms with Crippen molar-refractivity contribution in [3.05, 3.63) is 16.4 Å². The Labute approximate surface area is 131 Å². The molecule has 0 aromatic carbocycles. The molecule has 0 radical (unpaired) electrons. The van der Waals surface area contributed by atoms with Crippen molar-refractivity contribution in [3.63, 3.8) is 0 Å². The number of hydrogen-bond acceptors (Lipinski definition) is 3. The molecule has 5 heteroatoms. The Kier molecular flexibility index (Phi) is 6.69. The molecule has 1 rings (SSSR count). The number of rotatable bonds is 8. The van der Waals surface area contributed by atoms with Gasteiger partial charge in [0, 0.05) is 12.6 Å². The maximum Gasteiger partial charge on any atom is 0.0861 e. The summed E-state index contributed by atoms with van der Waals surface area (Å²) in [6, 6.07) is 0.428. The van der Waals surface area contributed by atoms with Crippen molar-refractivity contribution in [2.45, 2.75) is 65.6 Å². The Bertz CT molecular complexity index is 419. The first-order valence-electron chi connectivity index (χ1n) is 7.51. The average Bonchev–Trinajstić information content (AvgIpc) is 2.78. The second-order valence-electron chi connectivity index (χ2n) is 5.51. The molecular formula is C15H28BrN3O. The second kappa shape index (κ2) is 7.57. The lowest BCUT2D eigenvalue weighted by Gasteiger charge is -2.38. The standard InChI is InChI=1S/C15H28BrN3O/c1-7-15(6,20-9-3)14(17-8-2)13-12(16)10-18-19(13)11(4)5/h10-11,14,17H,7-9H2,1-6H3. The summed E-state index contributed by atoms with van der Waals surface area (Å²) in [5, 5.41) is 8.08. The highest BCUT2D eigenvalue weighted by Gasteiger charge is 2.37. The van der Waals surface area contributed by atoms with Crippen LogP contribution in [0.15, 0.2) is 10.7 Å². The van der Waals surface area contributed by atoms with Crippen LogP contribution in [0.3, 0.4) is 0 Å². The first-order chi connectivity index (χ1) is 9.41. The average molecular weight is 346 g/mol. The first-order valence-corrected chi connectivity index (χ1v) is 8.30. The van der Waals surface area contributed by atoms with E-state index in [1.165, 1.54) is 5.69 Å². The van der Waals surface area contributed by atoms with Crippen LogP contribution in [0.2, 0.25) is 0 Å². The van der Waals surface area contributed by atoms with Crippen LogP contribution < -0.4 is 5.32 Å². The minimum absolute atomic E-state index is 0.108. The molecule has 1 aromatic rings. The molecule has 1 heterocycles. The Morgan fingerprint density at radius 1 is 1.40 bits per heavy atom. The van der Waals surface area contributed by atoms with Gasteiger partial charge in [0.15, 0.2) is 0 Å². The summed E-state index contributed by atoms with van der Waals surface area (Å²) in [6.07, 6.45) is 2.82. The van der Waals surface area contributed by atoms with E-state index in [2.05, 4.69) is 65.6 Å². The lowest BCUT2D eigenvalue weighted by atomic mass is 9.90. The van der Waals surface area contributed by atoms with Crippen molar-refractivity contribution < 1.29 is 4.74 Å². The van der Waals surface area contributed by atoms with Crippen LogP contribution in [0.25, 0.3) is 0 Å². The van der Waals surface area contributed by atoms with Gasteiger partial charge >= 0.3 is 0 Å². The van der Waals surface area contributed by atoms with Crippen LogP contribution >= 0.6 is 15.9 Å². The Balaban J connectivity index is 3.29. The molecular weight excluding hydrogens is 318 g/mol. The molecule has 0 aliphatic carbocycles. The lowest BCUT2D eigenvalue weighted by Crippen LogP contribution is -2.45. The Morgan fingerprint density at radius 3 is 2.50 bits per heavy atom. The third-order valence-electron chi connectivity index (χ3n) is 3.74. The van der Waals surface area contributed by atoms with Crippen LogP contribution in [0.1, 0.15) is 65.7 Å². The number of halogens is 1. The van der Waals surface area contributed by atoms with Crippen molar-refractivity contribution >= 4 is 15.9 Å². The first kappa shape index (κ1) is 17.7. The number of hydrogen-bond donors (Lipinski definition) is 1. The number of nitrogens with one attached hydrogen (secondary N) is 1. The van der Waals surface area contributed by atoms with E-state index >= 15 is 0 Å². The van der Waals surface area contributed by atoms with Crippen LogP contribution in [0.5, 0.6) is 0 Å². The number of aromatic nitrogens is 2. The van der Waals surface area contributed by atoms with E-state index in [9.17, 15) is 0 Å². The fraction of sp³-hybridized carbons (Fsp3) is 0.800. The van der Waals surface area contributed by atoms with E-state index < -0.39 is 0 Å². The van der Waals surface area contributed by atoms with Crippen LogP contribution in [0, 0.1) is 0 Å². The molecule has 2 atom stereocenters. The van der Waals surface area contributed by atoms with Crippen LogP contribution in [-0.2, 0) is 4.74 Å². The van der Waals surface area contributed by atoms with Gasteiger partial charge in [-0.1, -0.05) is 13.8 Å². The van der Waals surface area contributed by atoms with Gasteiger partial charge in [0.05, 0.1) is 28.0 Å². The molecule has 1 aromatic heterocycles. The van der Waals surface area contributed by atoms with E-state index in [4.69, 9.17) is 4.74 Å². The maximum atomic E-state index is 6.08. The molecule has 1 N–H and O–H groups in total. The van der Waals surface area contributed by atoms with Gasteiger partial charge in [-0.3, -0.25) is 4.68 Å². The SMILES string of the molecule is CCNC(c1c(Br)cnn1C(C)C)C(C)(CC)OCC. The van der Waals surface area contributed by atoms with Gasteiger partial charge in [0.2, 0.25) is 0 Å². The van der Waals surface area contributed by atoms with Crippen molar-refractivity contribution in [1.29, 1.82) is 0 Å². The predicted octanol–water partition coefficient (Wildman–Crippen LogP) is 4.08. The lowest BCUT2D eigenvalue weighted by molar-refractivity contribution is -0.0582. The third-order valence-corrected chi connectivity index (χ3v) is 4.36. The summed E-state index contributed by atoms with van der Waals surface area (Å²) in [6.45, 7) is 14.4. The molecule has 0 saturated carbocycles. The summed E-state index contributed by atoms with van der Waals surface area (Å²) in [5.74, 6) is 0. The van der Waals surface area contributed by atoms with Crippen LogP contribution in [0.4, 0.5) is 0 Å². The molecule has 4 nitrogen and oxygen atoms in total. The van der Waals surface area contributed by atoms with Gasteiger partial charge in [-0.15, -0.1) is 0 Å². The van der Waals surface area contributed by atoms with E-state index in [1.807, 2.05) is 13.1 Å². The molecule has 0 bridgehead atoms. The van der Waals surface area contributed by atoms with E-state index in [0.717, 1.165) is 17.4 Å². The fourth-order valence-corrected chi connectivity index (χ4v) is 3.06. The van der Waals surface area contributed by atoms with Crippen LogP contribution in [-0.4, -0.2) is 28.5 Å². The number of ether oxygens (including phenoxy) is 1. The molecule has 0 aliphatic rings. The maximum absolute atomic E-state index is 6.08. The molecule has 116 valence electrons. The zero-order valence-corrected chi connectivity index (χ0v) is 15.1. The molecule has 0 aliphatic heterocycles. The molecule has 20 heavy (non-hydrogen) atoms. The van der Waals surface area contributed by atoms with Crippen molar-refractivity contribution in [1.82, 2.24) is 15.1 Å². The normalized spacial score (nSPS) is 16.4. The summed E-state index contributed by atoms with van der Waals surface area (Å²) in [5.41, 5.74) is 0.916. The van der Waals surface area contributed by atoms with Gasteiger partial charge in [0.25, 0.3) is 0 Å². The zero-order valence-electron chi connectivity index (χ0n) is 13.5. The molecule has 2 unspecified atom stereocenters. The molecule has 0 amide bonds. The van der Waals surface area contributed by atoms with Crippen molar-refractivity contribution in [2.75, 3.05) is 13.2 Å². The zero-order chi connectivity index (χ0) is 15.3. The Morgan fingerprint density at radius 2 is 2.05 bits per heavy atom. The number of nitrogens with zero attached hydrogens (tertiary/aromatic N) is 2. The highest BCUT2D eigenvalue weighted by molar-refractivity contribution is 9.10. The van der Waals surface area contributed by atoms with E-state index in [1.54, 1.807) is 0 Å². The third kappa shape index (κ3) is 3.62. The summed E-state index contributed by atoms with van der Waals surface area (Å²) in [4.78, 5) is 0.